The molecule has 150 valence electrons. The second kappa shape index (κ2) is 9.07. The molecule has 0 saturated carbocycles. The largest absolute Gasteiger partial charge is 0.496 e. The minimum atomic E-state index is -1.27. The van der Waals surface area contributed by atoms with Crippen LogP contribution >= 0.6 is 0 Å². The number of dihydropyridines is 1. The van der Waals surface area contributed by atoms with Crippen molar-refractivity contribution in [3.05, 3.63) is 52.4 Å². The third-order valence-electron chi connectivity index (χ3n) is 4.37. The van der Waals surface area contributed by atoms with E-state index in [1.165, 1.54) is 21.3 Å². The van der Waals surface area contributed by atoms with Crippen LogP contribution in [0.1, 0.15) is 19.4 Å². The van der Waals surface area contributed by atoms with Crippen LogP contribution in [-0.4, -0.2) is 39.2 Å². The fourth-order valence-corrected chi connectivity index (χ4v) is 3.05. The number of carbonyl (C=O) groups is 3. The summed E-state index contributed by atoms with van der Waals surface area (Å²) in [7, 11) is 3.90. The number of nitrogens with one attached hydrogen (secondary N) is 1. The van der Waals surface area contributed by atoms with Crippen molar-refractivity contribution in [3.8, 4) is 5.75 Å². The van der Waals surface area contributed by atoms with Crippen molar-refractivity contribution >= 4 is 17.9 Å². The van der Waals surface area contributed by atoms with Crippen LogP contribution in [0.3, 0.4) is 0 Å². The van der Waals surface area contributed by atoms with Gasteiger partial charge in [0.15, 0.2) is 0 Å². The average molecular weight is 389 g/mol. The lowest BCUT2D eigenvalue weighted by molar-refractivity contribution is -0.152. The Morgan fingerprint density at radius 2 is 1.46 bits per heavy atom. The third kappa shape index (κ3) is 4.16. The maximum atomic E-state index is 12.9. The minimum Gasteiger partial charge on any atom is -0.496 e. The lowest BCUT2D eigenvalue weighted by Crippen LogP contribution is -2.37. The van der Waals surface area contributed by atoms with Gasteiger partial charge in [0.1, 0.15) is 18.3 Å². The van der Waals surface area contributed by atoms with Gasteiger partial charge in [0, 0.05) is 17.0 Å². The topological polar surface area (TPSA) is 100 Å². The highest BCUT2D eigenvalue weighted by molar-refractivity contribution is 6.05. The first-order chi connectivity index (χ1) is 13.3. The first-order valence-corrected chi connectivity index (χ1v) is 8.49. The van der Waals surface area contributed by atoms with Gasteiger partial charge in [-0.1, -0.05) is 18.2 Å². The summed E-state index contributed by atoms with van der Waals surface area (Å²) in [6, 6.07) is 7.06. The van der Waals surface area contributed by atoms with Crippen LogP contribution in [0.25, 0.3) is 0 Å². The lowest BCUT2D eigenvalue weighted by Gasteiger charge is -2.28. The molecule has 0 spiro atoms. The Kier molecular flexibility index (Phi) is 6.81. The van der Waals surface area contributed by atoms with E-state index in [0.29, 0.717) is 22.7 Å². The monoisotopic (exact) mass is 389 g/mol. The van der Waals surface area contributed by atoms with E-state index in [1.807, 2.05) is 0 Å². The van der Waals surface area contributed by atoms with Gasteiger partial charge in [0.25, 0.3) is 0 Å². The number of carbonyl (C=O) groups excluding carboxylic acids is 3. The molecule has 0 unspecified atom stereocenters. The summed E-state index contributed by atoms with van der Waals surface area (Å²) in [6.45, 7) is 3.14. The molecule has 8 nitrogen and oxygen atoms in total. The number of benzene rings is 1. The highest BCUT2D eigenvalue weighted by Crippen LogP contribution is 2.33. The predicted molar refractivity (Wildman–Crippen MR) is 98.8 cm³/mol. The SMILES string of the molecule is COC(=O)C1=C(C)NC(C)=C(C(=O)OC)C1C(=O)OCc1ccccc1OC. The maximum Gasteiger partial charge on any atom is 0.336 e. The summed E-state index contributed by atoms with van der Waals surface area (Å²) in [5, 5.41) is 2.92. The molecule has 0 bridgehead atoms. The Morgan fingerprint density at radius 3 is 1.96 bits per heavy atom. The van der Waals surface area contributed by atoms with Crippen LogP contribution in [0.5, 0.6) is 5.75 Å². The van der Waals surface area contributed by atoms with Crippen molar-refractivity contribution in [1.29, 1.82) is 0 Å². The van der Waals surface area contributed by atoms with Crippen molar-refractivity contribution in [1.82, 2.24) is 5.32 Å². The minimum absolute atomic E-state index is 0.00136. The molecule has 0 saturated heterocycles. The van der Waals surface area contributed by atoms with Crippen LogP contribution in [0.4, 0.5) is 0 Å². The number of para-hydroxylation sites is 1. The molecule has 1 aromatic rings. The van der Waals surface area contributed by atoms with Crippen molar-refractivity contribution in [2.75, 3.05) is 21.3 Å². The third-order valence-corrected chi connectivity index (χ3v) is 4.37. The molecule has 1 aliphatic rings. The predicted octanol–water partition coefficient (Wildman–Crippen LogP) is 1.85. The highest BCUT2D eigenvalue weighted by Gasteiger charge is 2.42. The number of rotatable bonds is 6. The van der Waals surface area contributed by atoms with Gasteiger partial charge in [-0.15, -0.1) is 0 Å². The molecule has 28 heavy (non-hydrogen) atoms. The molecule has 1 N–H and O–H groups in total. The summed E-state index contributed by atoms with van der Waals surface area (Å²) in [6.07, 6.45) is 0. The van der Waals surface area contributed by atoms with E-state index in [4.69, 9.17) is 18.9 Å². The van der Waals surface area contributed by atoms with Gasteiger partial charge in [-0.3, -0.25) is 4.79 Å². The molecule has 2 rings (SSSR count). The summed E-state index contributed by atoms with van der Waals surface area (Å²) >= 11 is 0. The van der Waals surface area contributed by atoms with Gasteiger partial charge in [-0.2, -0.15) is 0 Å². The summed E-state index contributed by atoms with van der Waals surface area (Å²) in [5.41, 5.74) is 1.44. The summed E-state index contributed by atoms with van der Waals surface area (Å²) in [5.74, 6) is -2.96. The normalized spacial score (nSPS) is 14.3. The fraction of sp³-hybridized carbons (Fsp3) is 0.350. The molecular formula is C20H23NO7. The number of ether oxygens (including phenoxy) is 4. The van der Waals surface area contributed by atoms with Gasteiger partial charge in [0.2, 0.25) is 0 Å². The molecule has 0 aromatic heterocycles. The van der Waals surface area contributed by atoms with Gasteiger partial charge < -0.3 is 24.3 Å². The second-order valence-electron chi connectivity index (χ2n) is 6.04. The molecule has 1 aromatic carbocycles. The van der Waals surface area contributed by atoms with Gasteiger partial charge in [-0.05, 0) is 19.9 Å². The van der Waals surface area contributed by atoms with E-state index in [-0.39, 0.29) is 17.8 Å². The van der Waals surface area contributed by atoms with E-state index in [2.05, 4.69) is 5.32 Å². The van der Waals surface area contributed by atoms with E-state index in [1.54, 1.807) is 38.1 Å². The van der Waals surface area contributed by atoms with Crippen LogP contribution in [0, 0.1) is 5.92 Å². The fourth-order valence-electron chi connectivity index (χ4n) is 3.05. The number of hydrogen-bond donors (Lipinski definition) is 1. The second-order valence-corrected chi connectivity index (χ2v) is 6.04. The Hall–Kier alpha value is -3.29. The average Bonchev–Trinajstić information content (AvgIpc) is 2.70. The van der Waals surface area contributed by atoms with Crippen molar-refractivity contribution in [3.63, 3.8) is 0 Å². The van der Waals surface area contributed by atoms with Crippen LogP contribution in [0.15, 0.2) is 46.8 Å². The first-order valence-electron chi connectivity index (χ1n) is 8.49. The van der Waals surface area contributed by atoms with Crippen LogP contribution in [0.2, 0.25) is 0 Å². The zero-order valence-electron chi connectivity index (χ0n) is 16.5. The van der Waals surface area contributed by atoms with E-state index in [0.717, 1.165) is 0 Å². The van der Waals surface area contributed by atoms with Crippen molar-refractivity contribution in [2.24, 2.45) is 5.92 Å². The van der Waals surface area contributed by atoms with E-state index in [9.17, 15) is 14.4 Å². The zero-order chi connectivity index (χ0) is 20.8. The number of methoxy groups -OCH3 is 3. The smallest absolute Gasteiger partial charge is 0.336 e. The quantitative estimate of drug-likeness (QED) is 0.581. The highest BCUT2D eigenvalue weighted by atomic mass is 16.5. The molecule has 0 aliphatic carbocycles. The Morgan fingerprint density at radius 1 is 0.929 bits per heavy atom. The molecule has 1 heterocycles. The zero-order valence-corrected chi connectivity index (χ0v) is 16.5. The number of esters is 3. The Bertz CT molecular complexity index is 816. The number of hydrogen-bond acceptors (Lipinski definition) is 8. The molecule has 1 aliphatic heterocycles. The number of allylic oxidation sites excluding steroid dienone is 2. The van der Waals surface area contributed by atoms with E-state index >= 15 is 0 Å². The molecule has 8 heteroatoms. The van der Waals surface area contributed by atoms with Crippen LogP contribution in [-0.2, 0) is 35.2 Å². The Balaban J connectivity index is 2.39. The first kappa shape index (κ1) is 21.0. The van der Waals surface area contributed by atoms with Gasteiger partial charge in [0.05, 0.1) is 32.5 Å². The Labute approximate surface area is 163 Å². The molecule has 0 atom stereocenters. The standard InChI is InChI=1S/C20H23NO7/c1-11-15(18(22)26-4)17(16(12(2)21-11)19(23)27-5)20(24)28-10-13-8-6-7-9-14(13)25-3/h6-9,17,21H,10H2,1-5H3. The molecule has 0 amide bonds. The van der Waals surface area contributed by atoms with Crippen molar-refractivity contribution < 1.29 is 33.3 Å². The van der Waals surface area contributed by atoms with Crippen LogP contribution < -0.4 is 10.1 Å². The molecule has 0 fully saturated rings. The summed E-state index contributed by atoms with van der Waals surface area (Å²) < 4.78 is 20.3. The van der Waals surface area contributed by atoms with E-state index < -0.39 is 23.8 Å². The van der Waals surface area contributed by atoms with Gasteiger partial charge >= 0.3 is 17.9 Å². The van der Waals surface area contributed by atoms with Crippen molar-refractivity contribution in [2.45, 2.75) is 20.5 Å². The molecular weight excluding hydrogens is 366 g/mol. The summed E-state index contributed by atoms with van der Waals surface area (Å²) in [4.78, 5) is 37.6. The van der Waals surface area contributed by atoms with Gasteiger partial charge in [-0.25, -0.2) is 9.59 Å². The molecule has 0 radical (unpaired) electrons. The lowest BCUT2D eigenvalue weighted by atomic mass is 9.85. The maximum absolute atomic E-state index is 12.9.